The first-order chi connectivity index (χ1) is 11.7. The summed E-state index contributed by atoms with van der Waals surface area (Å²) in [7, 11) is 1.72. The van der Waals surface area contributed by atoms with E-state index in [-0.39, 0.29) is 24.0 Å². The quantitative estimate of drug-likeness (QED) is 0.787. The summed E-state index contributed by atoms with van der Waals surface area (Å²) in [4.78, 5) is 15.2. The maximum atomic E-state index is 12.4. The third kappa shape index (κ3) is 7.01. The molecule has 2 amide bonds. The highest BCUT2D eigenvalue weighted by molar-refractivity contribution is 5.73. The standard InChI is InChI=1S/C17H30F3N3O2/c1-22(11-14-4-2-3-5-15(14)24)16(25)21-10-13-6-8-23(9-7-13)12-17(18,19)20/h13-15,24H,2-12H2,1H3,(H,21,25). The Morgan fingerprint density at radius 1 is 1.20 bits per heavy atom. The Hall–Kier alpha value is -1.02. The average molecular weight is 365 g/mol. The summed E-state index contributed by atoms with van der Waals surface area (Å²) in [5, 5.41) is 12.9. The van der Waals surface area contributed by atoms with Gasteiger partial charge in [-0.25, -0.2) is 4.79 Å². The zero-order valence-corrected chi connectivity index (χ0v) is 14.9. The number of hydrogen-bond acceptors (Lipinski definition) is 3. The van der Waals surface area contributed by atoms with Crippen molar-refractivity contribution in [3.63, 3.8) is 0 Å². The number of halogens is 3. The van der Waals surface area contributed by atoms with Gasteiger partial charge in [0.2, 0.25) is 0 Å². The van der Waals surface area contributed by atoms with Crippen molar-refractivity contribution in [3.05, 3.63) is 0 Å². The Balaban J connectivity index is 1.65. The Bertz CT molecular complexity index is 426. The number of nitrogens with zero attached hydrogens (tertiary/aromatic N) is 2. The molecule has 146 valence electrons. The molecule has 5 nitrogen and oxygen atoms in total. The van der Waals surface area contributed by atoms with E-state index in [1.165, 1.54) is 4.90 Å². The molecule has 1 saturated carbocycles. The van der Waals surface area contributed by atoms with Gasteiger partial charge in [0.1, 0.15) is 0 Å². The molecule has 2 rings (SSSR count). The van der Waals surface area contributed by atoms with Crippen LogP contribution in [0.5, 0.6) is 0 Å². The normalized spacial score (nSPS) is 26.4. The number of aliphatic hydroxyl groups excluding tert-OH is 1. The molecular weight excluding hydrogens is 335 g/mol. The average Bonchev–Trinajstić information content (AvgIpc) is 2.54. The lowest BCUT2D eigenvalue weighted by atomic mass is 9.86. The van der Waals surface area contributed by atoms with E-state index in [1.54, 1.807) is 11.9 Å². The van der Waals surface area contributed by atoms with Crippen LogP contribution < -0.4 is 5.32 Å². The Morgan fingerprint density at radius 2 is 1.84 bits per heavy atom. The van der Waals surface area contributed by atoms with Gasteiger partial charge < -0.3 is 15.3 Å². The molecule has 1 aliphatic heterocycles. The lowest BCUT2D eigenvalue weighted by molar-refractivity contribution is -0.148. The van der Waals surface area contributed by atoms with Crippen molar-refractivity contribution in [1.29, 1.82) is 0 Å². The molecule has 2 N–H and O–H groups in total. The monoisotopic (exact) mass is 365 g/mol. The fourth-order valence-corrected chi connectivity index (χ4v) is 3.80. The van der Waals surface area contributed by atoms with Crippen LogP contribution in [0.2, 0.25) is 0 Å². The first kappa shape index (κ1) is 20.3. The van der Waals surface area contributed by atoms with Gasteiger partial charge in [0.05, 0.1) is 12.6 Å². The van der Waals surface area contributed by atoms with Crippen LogP contribution in [0.25, 0.3) is 0 Å². The topological polar surface area (TPSA) is 55.8 Å². The zero-order valence-electron chi connectivity index (χ0n) is 14.9. The summed E-state index contributed by atoms with van der Waals surface area (Å²) in [5.74, 6) is 0.359. The molecule has 2 unspecified atom stereocenters. The highest BCUT2D eigenvalue weighted by atomic mass is 19.4. The van der Waals surface area contributed by atoms with Crippen molar-refractivity contribution >= 4 is 6.03 Å². The highest BCUT2D eigenvalue weighted by Gasteiger charge is 2.32. The van der Waals surface area contributed by atoms with Crippen molar-refractivity contribution in [2.45, 2.75) is 50.8 Å². The first-order valence-corrected chi connectivity index (χ1v) is 9.20. The SMILES string of the molecule is CN(CC1CCCCC1O)C(=O)NCC1CCN(CC(F)(F)F)CC1. The van der Waals surface area contributed by atoms with Crippen LogP contribution in [0.1, 0.15) is 38.5 Å². The predicted octanol–water partition coefficient (Wildman–Crippen LogP) is 2.45. The molecule has 2 fully saturated rings. The van der Waals surface area contributed by atoms with Crippen molar-refractivity contribution in [2.24, 2.45) is 11.8 Å². The number of alkyl halides is 3. The van der Waals surface area contributed by atoms with Gasteiger partial charge in [0, 0.05) is 26.1 Å². The molecule has 0 aromatic rings. The van der Waals surface area contributed by atoms with Crippen LogP contribution in [-0.4, -0.2) is 73.0 Å². The summed E-state index contributed by atoms with van der Waals surface area (Å²) in [6.07, 6.45) is 0.736. The van der Waals surface area contributed by atoms with E-state index in [0.29, 0.717) is 39.0 Å². The van der Waals surface area contributed by atoms with Gasteiger partial charge in [0.15, 0.2) is 0 Å². The van der Waals surface area contributed by atoms with Crippen LogP contribution in [-0.2, 0) is 0 Å². The second-order valence-electron chi connectivity index (χ2n) is 7.51. The molecule has 8 heteroatoms. The van der Waals surface area contributed by atoms with Crippen molar-refractivity contribution in [2.75, 3.05) is 39.8 Å². The number of piperidine rings is 1. The predicted molar refractivity (Wildman–Crippen MR) is 89.2 cm³/mol. The molecule has 0 aromatic heterocycles. The minimum absolute atomic E-state index is 0.134. The van der Waals surface area contributed by atoms with E-state index in [0.717, 1.165) is 25.7 Å². The number of nitrogens with one attached hydrogen (secondary N) is 1. The number of urea groups is 1. The fourth-order valence-electron chi connectivity index (χ4n) is 3.80. The first-order valence-electron chi connectivity index (χ1n) is 9.20. The number of rotatable bonds is 5. The number of aliphatic hydroxyl groups is 1. The number of likely N-dealkylation sites (tertiary alicyclic amines) is 1. The van der Waals surface area contributed by atoms with E-state index >= 15 is 0 Å². The van der Waals surface area contributed by atoms with Crippen LogP contribution in [0.3, 0.4) is 0 Å². The van der Waals surface area contributed by atoms with Crippen LogP contribution >= 0.6 is 0 Å². The summed E-state index contributed by atoms with van der Waals surface area (Å²) >= 11 is 0. The molecule has 1 saturated heterocycles. The maximum Gasteiger partial charge on any atom is 0.401 e. The molecule has 0 bridgehead atoms. The van der Waals surface area contributed by atoms with Gasteiger partial charge in [-0.3, -0.25) is 4.90 Å². The molecule has 0 aromatic carbocycles. The Kier molecular flexibility index (Phi) is 7.37. The van der Waals surface area contributed by atoms with Crippen LogP contribution in [0.4, 0.5) is 18.0 Å². The van der Waals surface area contributed by atoms with E-state index in [2.05, 4.69) is 5.32 Å². The molecule has 1 heterocycles. The van der Waals surface area contributed by atoms with Crippen LogP contribution in [0, 0.1) is 11.8 Å². The van der Waals surface area contributed by atoms with E-state index in [1.807, 2.05) is 0 Å². The summed E-state index contributed by atoms with van der Waals surface area (Å²) in [6.45, 7) is 1.03. The maximum absolute atomic E-state index is 12.4. The molecule has 2 atom stereocenters. The molecule has 0 spiro atoms. The summed E-state index contributed by atoms with van der Waals surface area (Å²) < 4.78 is 37.1. The van der Waals surface area contributed by atoms with Gasteiger partial charge >= 0.3 is 12.2 Å². The third-order valence-electron chi connectivity index (χ3n) is 5.38. The summed E-state index contributed by atoms with van der Waals surface area (Å²) in [5.41, 5.74) is 0. The molecule has 1 aliphatic carbocycles. The lowest BCUT2D eigenvalue weighted by Crippen LogP contribution is -2.46. The third-order valence-corrected chi connectivity index (χ3v) is 5.38. The van der Waals surface area contributed by atoms with E-state index in [4.69, 9.17) is 0 Å². The summed E-state index contributed by atoms with van der Waals surface area (Å²) in [6, 6.07) is -0.171. The number of carbonyl (C=O) groups excluding carboxylic acids is 1. The number of carbonyl (C=O) groups is 1. The van der Waals surface area contributed by atoms with Crippen LogP contribution in [0.15, 0.2) is 0 Å². The largest absolute Gasteiger partial charge is 0.401 e. The molecule has 0 radical (unpaired) electrons. The van der Waals surface area contributed by atoms with E-state index in [9.17, 15) is 23.1 Å². The smallest absolute Gasteiger partial charge is 0.393 e. The molecular formula is C17H30F3N3O2. The van der Waals surface area contributed by atoms with E-state index < -0.39 is 12.7 Å². The molecule has 25 heavy (non-hydrogen) atoms. The second kappa shape index (κ2) is 9.07. The minimum Gasteiger partial charge on any atom is -0.393 e. The van der Waals surface area contributed by atoms with Gasteiger partial charge in [-0.1, -0.05) is 12.8 Å². The van der Waals surface area contributed by atoms with Crippen molar-refractivity contribution in [3.8, 4) is 0 Å². The van der Waals surface area contributed by atoms with Gasteiger partial charge in [-0.15, -0.1) is 0 Å². The Morgan fingerprint density at radius 3 is 2.44 bits per heavy atom. The highest BCUT2D eigenvalue weighted by Crippen LogP contribution is 2.25. The lowest BCUT2D eigenvalue weighted by Gasteiger charge is -2.33. The van der Waals surface area contributed by atoms with Gasteiger partial charge in [-0.2, -0.15) is 13.2 Å². The Labute approximate surface area is 147 Å². The molecule has 2 aliphatic rings. The fraction of sp³-hybridized carbons (Fsp3) is 0.941. The number of amides is 2. The number of hydrogen-bond donors (Lipinski definition) is 2. The van der Waals surface area contributed by atoms with Crippen molar-refractivity contribution in [1.82, 2.24) is 15.1 Å². The second-order valence-corrected chi connectivity index (χ2v) is 7.51. The van der Waals surface area contributed by atoms with Gasteiger partial charge in [-0.05, 0) is 44.7 Å². The van der Waals surface area contributed by atoms with Crippen molar-refractivity contribution < 1.29 is 23.1 Å². The van der Waals surface area contributed by atoms with Gasteiger partial charge in [0.25, 0.3) is 0 Å². The zero-order chi connectivity index (χ0) is 18.4. The minimum atomic E-state index is -4.15.